The van der Waals surface area contributed by atoms with Gasteiger partial charge in [0.2, 0.25) is 0 Å². The fraction of sp³-hybridized carbons (Fsp3) is 0.500. The Morgan fingerprint density at radius 2 is 2.21 bits per heavy atom. The summed E-state index contributed by atoms with van der Waals surface area (Å²) in [7, 11) is 3.52. The van der Waals surface area contributed by atoms with Gasteiger partial charge < -0.3 is 20.5 Å². The van der Waals surface area contributed by atoms with Crippen molar-refractivity contribution in [3.63, 3.8) is 0 Å². The average Bonchev–Trinajstić information content (AvgIpc) is 2.36. The molecule has 1 aromatic carbocycles. The van der Waals surface area contributed by atoms with Gasteiger partial charge in [-0.05, 0) is 32.0 Å². The summed E-state index contributed by atoms with van der Waals surface area (Å²) in [5, 5.41) is 8.76. The number of carbonyl (C=O) groups is 1. The first-order chi connectivity index (χ1) is 8.93. The molecule has 0 aliphatic rings. The Bertz CT molecular complexity index is 435. The van der Waals surface area contributed by atoms with Gasteiger partial charge in [-0.25, -0.2) is 0 Å². The van der Waals surface area contributed by atoms with Gasteiger partial charge >= 0.3 is 5.97 Å². The molecule has 1 unspecified atom stereocenters. The molecule has 1 atom stereocenters. The summed E-state index contributed by atoms with van der Waals surface area (Å²) in [4.78, 5) is 12.6. The van der Waals surface area contributed by atoms with E-state index in [-0.39, 0.29) is 0 Å². The molecule has 0 spiro atoms. The van der Waals surface area contributed by atoms with Crippen LogP contribution in [0.2, 0.25) is 0 Å². The highest BCUT2D eigenvalue weighted by atomic mass is 16.5. The van der Waals surface area contributed by atoms with Crippen molar-refractivity contribution in [1.82, 2.24) is 4.90 Å². The predicted molar refractivity (Wildman–Crippen MR) is 74.5 cm³/mol. The Balaban J connectivity index is 2.56. The van der Waals surface area contributed by atoms with Gasteiger partial charge in [0.1, 0.15) is 11.8 Å². The van der Waals surface area contributed by atoms with Crippen LogP contribution in [0.4, 0.5) is 0 Å². The Labute approximate surface area is 114 Å². The van der Waals surface area contributed by atoms with Crippen LogP contribution in [0.1, 0.15) is 11.1 Å². The molecular formula is C14H22N2O3. The molecule has 0 fully saturated rings. The van der Waals surface area contributed by atoms with Crippen molar-refractivity contribution in [3.05, 3.63) is 29.3 Å². The molecule has 19 heavy (non-hydrogen) atoms. The molecule has 3 N–H and O–H groups in total. The summed E-state index contributed by atoms with van der Waals surface area (Å²) in [6.07, 6.45) is 0.799. The summed E-state index contributed by atoms with van der Waals surface area (Å²) < 4.78 is 5.31. The monoisotopic (exact) mass is 266 g/mol. The molecule has 0 bridgehead atoms. The van der Waals surface area contributed by atoms with Gasteiger partial charge in [-0.15, -0.1) is 0 Å². The van der Waals surface area contributed by atoms with Crippen LogP contribution in [-0.2, 0) is 11.2 Å². The number of nitrogens with zero attached hydrogens (tertiary/aromatic N) is 1. The van der Waals surface area contributed by atoms with E-state index in [4.69, 9.17) is 15.6 Å². The number of aliphatic carboxylic acids is 1. The van der Waals surface area contributed by atoms with Crippen molar-refractivity contribution in [2.75, 3.05) is 27.2 Å². The van der Waals surface area contributed by atoms with Crippen molar-refractivity contribution in [2.24, 2.45) is 5.73 Å². The number of methoxy groups -OCH3 is 1. The van der Waals surface area contributed by atoms with E-state index >= 15 is 0 Å². The zero-order chi connectivity index (χ0) is 14.4. The smallest absolute Gasteiger partial charge is 0.321 e. The summed E-state index contributed by atoms with van der Waals surface area (Å²) in [6.45, 7) is 3.11. The Hall–Kier alpha value is -1.59. The topological polar surface area (TPSA) is 75.8 Å². The number of nitrogens with two attached hydrogens (primary N) is 1. The van der Waals surface area contributed by atoms with Crippen LogP contribution in [-0.4, -0.2) is 49.3 Å². The summed E-state index contributed by atoms with van der Waals surface area (Å²) in [5.74, 6) is -0.110. The minimum Gasteiger partial charge on any atom is -0.496 e. The number of ether oxygens (including phenoxy) is 1. The summed E-state index contributed by atoms with van der Waals surface area (Å²) in [6, 6.07) is 5.20. The molecule has 1 aromatic rings. The molecule has 0 saturated carbocycles. The fourth-order valence-corrected chi connectivity index (χ4v) is 1.92. The Morgan fingerprint density at radius 1 is 1.53 bits per heavy atom. The maximum Gasteiger partial charge on any atom is 0.321 e. The van der Waals surface area contributed by atoms with E-state index in [1.54, 1.807) is 7.11 Å². The maximum atomic E-state index is 10.7. The number of benzene rings is 1. The standard InChI is InChI=1S/C14H22N2O3/c1-10-4-5-13(19-3)11(8-10)6-7-16(2)9-12(15)14(17)18/h4-5,8,12H,6-7,9,15H2,1-3H3,(H,17,18). The minimum atomic E-state index is -0.972. The summed E-state index contributed by atoms with van der Waals surface area (Å²) >= 11 is 0. The number of rotatable bonds is 7. The number of likely N-dealkylation sites (N-methyl/N-ethyl adjacent to an activating group) is 1. The lowest BCUT2D eigenvalue weighted by Crippen LogP contribution is -2.41. The average molecular weight is 266 g/mol. The minimum absolute atomic E-state index is 0.337. The van der Waals surface area contributed by atoms with E-state index in [1.807, 2.05) is 31.0 Å². The van der Waals surface area contributed by atoms with Gasteiger partial charge in [0.25, 0.3) is 0 Å². The van der Waals surface area contributed by atoms with Gasteiger partial charge in [-0.3, -0.25) is 4.79 Å². The van der Waals surface area contributed by atoms with E-state index in [2.05, 4.69) is 6.07 Å². The highest BCUT2D eigenvalue weighted by molar-refractivity contribution is 5.73. The van der Waals surface area contributed by atoms with Crippen molar-refractivity contribution < 1.29 is 14.6 Å². The zero-order valence-electron chi connectivity index (χ0n) is 11.7. The van der Waals surface area contributed by atoms with Crippen LogP contribution >= 0.6 is 0 Å². The SMILES string of the molecule is COc1ccc(C)cc1CCN(C)CC(N)C(=O)O. The molecule has 0 amide bonds. The Kier molecular flexibility index (Phi) is 5.79. The van der Waals surface area contributed by atoms with E-state index < -0.39 is 12.0 Å². The van der Waals surface area contributed by atoms with Crippen LogP contribution in [0.15, 0.2) is 18.2 Å². The van der Waals surface area contributed by atoms with Crippen LogP contribution in [0.5, 0.6) is 5.75 Å². The highest BCUT2D eigenvalue weighted by Crippen LogP contribution is 2.20. The lowest BCUT2D eigenvalue weighted by Gasteiger charge is -2.19. The predicted octanol–water partition coefficient (Wildman–Crippen LogP) is 0.890. The first-order valence-corrected chi connectivity index (χ1v) is 6.24. The number of hydrogen-bond acceptors (Lipinski definition) is 4. The van der Waals surface area contributed by atoms with Gasteiger partial charge in [0, 0.05) is 13.1 Å². The van der Waals surface area contributed by atoms with Gasteiger partial charge in [0.05, 0.1) is 7.11 Å². The second-order valence-electron chi connectivity index (χ2n) is 4.77. The summed E-state index contributed by atoms with van der Waals surface area (Å²) in [5.41, 5.74) is 7.81. The van der Waals surface area contributed by atoms with Crippen molar-refractivity contribution in [2.45, 2.75) is 19.4 Å². The molecule has 0 radical (unpaired) electrons. The second kappa shape index (κ2) is 7.11. The van der Waals surface area contributed by atoms with Crippen LogP contribution in [0, 0.1) is 6.92 Å². The van der Waals surface area contributed by atoms with Crippen molar-refractivity contribution in [3.8, 4) is 5.75 Å². The van der Waals surface area contributed by atoms with E-state index in [0.29, 0.717) is 6.54 Å². The number of aryl methyl sites for hydroxylation is 1. The number of hydrogen-bond donors (Lipinski definition) is 2. The molecule has 106 valence electrons. The molecule has 0 heterocycles. The normalized spacial score (nSPS) is 12.5. The lowest BCUT2D eigenvalue weighted by atomic mass is 10.1. The van der Waals surface area contributed by atoms with Gasteiger partial charge in [0.15, 0.2) is 0 Å². The zero-order valence-corrected chi connectivity index (χ0v) is 11.7. The highest BCUT2D eigenvalue weighted by Gasteiger charge is 2.14. The molecule has 0 aliphatic heterocycles. The van der Waals surface area contributed by atoms with Crippen LogP contribution in [0.25, 0.3) is 0 Å². The molecule has 1 rings (SSSR count). The van der Waals surface area contributed by atoms with Gasteiger partial charge in [-0.1, -0.05) is 17.7 Å². The molecular weight excluding hydrogens is 244 g/mol. The largest absolute Gasteiger partial charge is 0.496 e. The van der Waals surface area contributed by atoms with Crippen molar-refractivity contribution >= 4 is 5.97 Å². The van der Waals surface area contributed by atoms with Crippen LogP contribution in [0.3, 0.4) is 0 Å². The van der Waals surface area contributed by atoms with E-state index in [0.717, 1.165) is 24.3 Å². The first-order valence-electron chi connectivity index (χ1n) is 6.24. The third kappa shape index (κ3) is 4.89. The maximum absolute atomic E-state index is 10.7. The van der Waals surface area contributed by atoms with Gasteiger partial charge in [-0.2, -0.15) is 0 Å². The quantitative estimate of drug-likeness (QED) is 0.766. The second-order valence-corrected chi connectivity index (χ2v) is 4.77. The molecule has 5 heteroatoms. The van der Waals surface area contributed by atoms with Crippen LogP contribution < -0.4 is 10.5 Å². The number of carboxylic acids is 1. The number of carboxylic acid groups (broad SMARTS) is 1. The molecule has 0 saturated heterocycles. The third-order valence-corrected chi connectivity index (χ3v) is 3.02. The van der Waals surface area contributed by atoms with E-state index in [9.17, 15) is 4.79 Å². The first kappa shape index (κ1) is 15.5. The fourth-order valence-electron chi connectivity index (χ4n) is 1.92. The molecule has 0 aromatic heterocycles. The van der Waals surface area contributed by atoms with E-state index in [1.165, 1.54) is 5.56 Å². The molecule has 0 aliphatic carbocycles. The molecule has 5 nitrogen and oxygen atoms in total. The third-order valence-electron chi connectivity index (χ3n) is 3.02. The Morgan fingerprint density at radius 3 is 2.79 bits per heavy atom. The lowest BCUT2D eigenvalue weighted by molar-refractivity contribution is -0.138. The van der Waals surface area contributed by atoms with Crippen molar-refractivity contribution in [1.29, 1.82) is 0 Å².